The van der Waals surface area contributed by atoms with Gasteiger partial charge in [0.05, 0.1) is 0 Å². The van der Waals surface area contributed by atoms with Crippen LogP contribution in [0.3, 0.4) is 0 Å². The number of benzene rings is 2. The number of ketones is 1. The normalized spacial score (nSPS) is 14.0. The highest BCUT2D eigenvalue weighted by molar-refractivity contribution is 6.21. The van der Waals surface area contributed by atoms with Crippen LogP contribution in [0.5, 0.6) is 0 Å². The first-order valence-electron chi connectivity index (χ1n) is 5.42. The third-order valence-electron chi connectivity index (χ3n) is 2.96. The lowest BCUT2D eigenvalue weighted by atomic mass is 9.99. The number of Topliss-reactive ketones (excluding diaryl/α,β-unsaturated/α-hetero) is 1. The van der Waals surface area contributed by atoms with E-state index in [0.717, 1.165) is 11.1 Å². The lowest BCUT2D eigenvalue weighted by Crippen LogP contribution is -1.96. The molecule has 0 aromatic heterocycles. The molecule has 0 fully saturated rings. The van der Waals surface area contributed by atoms with E-state index in [2.05, 4.69) is 0 Å². The van der Waals surface area contributed by atoms with Crippen LogP contribution in [0.4, 0.5) is 0 Å². The molecular weight excluding hydrogens is 212 g/mol. The van der Waals surface area contributed by atoms with Crippen LogP contribution in [-0.2, 0) is 0 Å². The summed E-state index contributed by atoms with van der Waals surface area (Å²) in [7, 11) is 0. The van der Waals surface area contributed by atoms with Crippen molar-refractivity contribution in [1.29, 1.82) is 0 Å². The monoisotopic (exact) mass is 222 g/mol. The first kappa shape index (κ1) is 9.85. The van der Waals surface area contributed by atoms with Crippen LogP contribution < -0.4 is 0 Å². The highest BCUT2D eigenvalue weighted by Gasteiger charge is 2.29. The van der Waals surface area contributed by atoms with Crippen molar-refractivity contribution in [2.24, 2.45) is 0 Å². The maximum absolute atomic E-state index is 11.9. The Morgan fingerprint density at radius 1 is 0.765 bits per heavy atom. The minimum atomic E-state index is -0.292. The van der Waals surface area contributed by atoms with Crippen LogP contribution in [0.1, 0.15) is 21.5 Å². The Kier molecular flexibility index (Phi) is 2.08. The quantitative estimate of drug-likeness (QED) is 0.804. The Morgan fingerprint density at radius 3 is 2.06 bits per heavy atom. The number of allylic oxidation sites excluding steroid dienone is 1. The van der Waals surface area contributed by atoms with Gasteiger partial charge in [-0.3, -0.25) is 4.79 Å². The van der Waals surface area contributed by atoms with Crippen LogP contribution in [0, 0.1) is 0 Å². The van der Waals surface area contributed by atoms with E-state index in [-0.39, 0.29) is 11.5 Å². The fraction of sp³-hybridized carbons (Fsp3) is 0. The van der Waals surface area contributed by atoms with E-state index in [1.807, 2.05) is 42.5 Å². The predicted molar refractivity (Wildman–Crippen MR) is 65.9 cm³/mol. The molecule has 1 N–H and O–H groups in total. The standard InChI is InChI=1S/C15H10O2/c16-14-12-9-5-4-8-11(12)13(15(14)17)10-6-2-1-3-7-10/h1-9H,(H,16,17). The Bertz CT molecular complexity index is 624. The van der Waals surface area contributed by atoms with Gasteiger partial charge in [-0.1, -0.05) is 54.6 Å². The molecule has 0 spiro atoms. The topological polar surface area (TPSA) is 37.3 Å². The number of hydrogen-bond donors (Lipinski definition) is 1. The van der Waals surface area contributed by atoms with E-state index in [9.17, 15) is 9.90 Å². The molecule has 17 heavy (non-hydrogen) atoms. The van der Waals surface area contributed by atoms with Gasteiger partial charge in [-0.15, -0.1) is 0 Å². The van der Waals surface area contributed by atoms with Gasteiger partial charge in [0.25, 0.3) is 0 Å². The molecule has 3 rings (SSSR count). The van der Waals surface area contributed by atoms with Gasteiger partial charge in [0.15, 0.2) is 5.76 Å². The largest absolute Gasteiger partial charge is 0.504 e. The lowest BCUT2D eigenvalue weighted by molar-refractivity contribution is 0.0984. The molecule has 2 nitrogen and oxygen atoms in total. The summed E-state index contributed by atoms with van der Waals surface area (Å²) in [5.74, 6) is -0.447. The summed E-state index contributed by atoms with van der Waals surface area (Å²) >= 11 is 0. The van der Waals surface area contributed by atoms with E-state index in [4.69, 9.17) is 0 Å². The Balaban J connectivity index is 2.27. The number of fused-ring (bicyclic) bond motifs is 1. The van der Waals surface area contributed by atoms with Crippen molar-refractivity contribution < 1.29 is 9.90 Å². The number of aliphatic hydroxyl groups is 1. The van der Waals surface area contributed by atoms with Gasteiger partial charge in [0.1, 0.15) is 0 Å². The minimum Gasteiger partial charge on any atom is -0.504 e. The van der Waals surface area contributed by atoms with E-state index < -0.39 is 0 Å². The molecule has 2 aromatic carbocycles. The average molecular weight is 222 g/mol. The molecule has 0 unspecified atom stereocenters. The van der Waals surface area contributed by atoms with Crippen LogP contribution in [-0.4, -0.2) is 10.9 Å². The molecule has 0 radical (unpaired) electrons. The summed E-state index contributed by atoms with van der Waals surface area (Å²) in [5, 5.41) is 9.96. The predicted octanol–water partition coefficient (Wildman–Crippen LogP) is 3.20. The summed E-state index contributed by atoms with van der Waals surface area (Å²) in [6.45, 7) is 0. The van der Waals surface area contributed by atoms with Gasteiger partial charge >= 0.3 is 0 Å². The number of carbonyl (C=O) groups excluding carboxylic acids is 1. The second kappa shape index (κ2) is 3.59. The summed E-state index contributed by atoms with van der Waals surface area (Å²) in [6.07, 6.45) is 0. The fourth-order valence-corrected chi connectivity index (χ4v) is 2.16. The van der Waals surface area contributed by atoms with Crippen molar-refractivity contribution in [2.75, 3.05) is 0 Å². The zero-order valence-electron chi connectivity index (χ0n) is 9.05. The van der Waals surface area contributed by atoms with Crippen molar-refractivity contribution in [3.8, 4) is 0 Å². The second-order valence-electron chi connectivity index (χ2n) is 3.96. The summed E-state index contributed by atoms with van der Waals surface area (Å²) in [5.41, 5.74) is 2.87. The van der Waals surface area contributed by atoms with Gasteiger partial charge in [-0.2, -0.15) is 0 Å². The molecule has 2 heteroatoms. The minimum absolute atomic E-state index is 0.155. The number of hydrogen-bond acceptors (Lipinski definition) is 2. The molecule has 0 bridgehead atoms. The van der Waals surface area contributed by atoms with E-state index in [0.29, 0.717) is 11.1 Å². The van der Waals surface area contributed by atoms with Crippen LogP contribution >= 0.6 is 0 Å². The van der Waals surface area contributed by atoms with Gasteiger partial charge in [-0.05, 0) is 11.1 Å². The molecule has 2 aromatic rings. The molecule has 82 valence electrons. The molecule has 0 amide bonds. The third kappa shape index (κ3) is 1.38. The Morgan fingerprint density at radius 2 is 1.35 bits per heavy atom. The maximum atomic E-state index is 11.9. The average Bonchev–Trinajstić information content (AvgIpc) is 2.64. The molecule has 0 aliphatic heterocycles. The van der Waals surface area contributed by atoms with Crippen molar-refractivity contribution in [3.63, 3.8) is 0 Å². The van der Waals surface area contributed by atoms with Gasteiger partial charge < -0.3 is 5.11 Å². The number of aliphatic hydroxyl groups excluding tert-OH is 1. The SMILES string of the molecule is O=C1C(O)=C(c2ccccc2)c2ccccc21. The van der Waals surface area contributed by atoms with Crippen LogP contribution in [0.2, 0.25) is 0 Å². The Hall–Kier alpha value is -2.35. The van der Waals surface area contributed by atoms with E-state index in [1.54, 1.807) is 12.1 Å². The number of rotatable bonds is 1. The van der Waals surface area contributed by atoms with Gasteiger partial charge in [-0.25, -0.2) is 0 Å². The zero-order valence-corrected chi connectivity index (χ0v) is 9.05. The molecule has 1 aliphatic rings. The molecule has 0 saturated heterocycles. The van der Waals surface area contributed by atoms with E-state index >= 15 is 0 Å². The Labute approximate surface area is 98.8 Å². The van der Waals surface area contributed by atoms with Crippen LogP contribution in [0.25, 0.3) is 5.57 Å². The van der Waals surface area contributed by atoms with Crippen molar-refractivity contribution in [2.45, 2.75) is 0 Å². The fourth-order valence-electron chi connectivity index (χ4n) is 2.16. The summed E-state index contributed by atoms with van der Waals surface area (Å²) in [6, 6.07) is 16.7. The highest BCUT2D eigenvalue weighted by atomic mass is 16.3. The van der Waals surface area contributed by atoms with Crippen molar-refractivity contribution >= 4 is 11.4 Å². The number of carbonyl (C=O) groups is 1. The van der Waals surface area contributed by atoms with Crippen molar-refractivity contribution in [1.82, 2.24) is 0 Å². The molecule has 0 saturated carbocycles. The third-order valence-corrected chi connectivity index (χ3v) is 2.96. The first-order valence-corrected chi connectivity index (χ1v) is 5.42. The second-order valence-corrected chi connectivity index (χ2v) is 3.96. The van der Waals surface area contributed by atoms with Gasteiger partial charge in [0.2, 0.25) is 5.78 Å². The first-order chi connectivity index (χ1) is 8.29. The van der Waals surface area contributed by atoms with Crippen molar-refractivity contribution in [3.05, 3.63) is 77.0 Å². The van der Waals surface area contributed by atoms with E-state index in [1.165, 1.54) is 0 Å². The smallest absolute Gasteiger partial charge is 0.228 e. The lowest BCUT2D eigenvalue weighted by Gasteiger charge is -2.04. The van der Waals surface area contributed by atoms with Gasteiger partial charge in [0, 0.05) is 11.1 Å². The van der Waals surface area contributed by atoms with Crippen LogP contribution in [0.15, 0.2) is 60.4 Å². The summed E-state index contributed by atoms with van der Waals surface area (Å²) in [4.78, 5) is 11.9. The molecule has 0 atom stereocenters. The summed E-state index contributed by atoms with van der Waals surface area (Å²) < 4.78 is 0. The molecule has 0 heterocycles. The highest BCUT2D eigenvalue weighted by Crippen LogP contribution is 2.35. The molecular formula is C15H10O2. The molecule has 1 aliphatic carbocycles. The maximum Gasteiger partial charge on any atom is 0.228 e. The zero-order chi connectivity index (χ0) is 11.8.